The Morgan fingerprint density at radius 2 is 1.42 bits per heavy atom. The van der Waals surface area contributed by atoms with Crippen LogP contribution >= 0.6 is 31.9 Å². The van der Waals surface area contributed by atoms with Gasteiger partial charge >= 0.3 is 0 Å². The van der Waals surface area contributed by atoms with E-state index in [0.717, 1.165) is 24.4 Å². The number of amides is 2. The van der Waals surface area contributed by atoms with E-state index in [1.54, 1.807) is 43.3 Å². The second-order valence-corrected chi connectivity index (χ2v) is 11.9. The van der Waals surface area contributed by atoms with E-state index < -0.39 is 28.5 Å². The Labute approximate surface area is 228 Å². The minimum Gasteiger partial charge on any atom is -0.357 e. The molecule has 3 aromatic carbocycles. The van der Waals surface area contributed by atoms with Crippen LogP contribution in [0.2, 0.25) is 0 Å². The molecule has 1 N–H and O–H groups in total. The number of sulfonamides is 1. The Kier molecular flexibility index (Phi) is 9.32. The van der Waals surface area contributed by atoms with Gasteiger partial charge in [-0.25, -0.2) is 8.42 Å². The topological polar surface area (TPSA) is 86.8 Å². The van der Waals surface area contributed by atoms with Crippen LogP contribution < -0.4 is 9.62 Å². The third-order valence-corrected chi connectivity index (χ3v) is 8.53. The fourth-order valence-corrected chi connectivity index (χ4v) is 5.49. The quantitative estimate of drug-likeness (QED) is 0.363. The van der Waals surface area contributed by atoms with Crippen molar-refractivity contribution in [3.05, 3.63) is 92.9 Å². The molecule has 3 rings (SSSR count). The molecule has 0 aliphatic rings. The van der Waals surface area contributed by atoms with Crippen LogP contribution in [0.5, 0.6) is 0 Å². The predicted molar refractivity (Wildman–Crippen MR) is 148 cm³/mol. The van der Waals surface area contributed by atoms with Gasteiger partial charge in [0.15, 0.2) is 0 Å². The molecule has 0 fully saturated rings. The van der Waals surface area contributed by atoms with Crippen LogP contribution in [0.1, 0.15) is 18.1 Å². The van der Waals surface area contributed by atoms with Crippen molar-refractivity contribution >= 4 is 59.4 Å². The highest BCUT2D eigenvalue weighted by atomic mass is 79.9. The van der Waals surface area contributed by atoms with Crippen LogP contribution in [0.3, 0.4) is 0 Å². The molecule has 0 unspecified atom stereocenters. The Hall–Kier alpha value is -2.69. The SMILES string of the molecule is CNC(=O)[C@@H](C)N(Cc1ccc(Br)cc1)C(=O)CN(c1ccc(Br)cc1)S(=O)(=O)c1ccc(C)cc1. The summed E-state index contributed by atoms with van der Waals surface area (Å²) in [7, 11) is -2.58. The molecule has 0 saturated heterocycles. The molecule has 0 aromatic heterocycles. The van der Waals surface area contributed by atoms with E-state index in [-0.39, 0.29) is 17.3 Å². The molecular formula is C26H27Br2N3O4S. The van der Waals surface area contributed by atoms with Crippen LogP contribution in [-0.2, 0) is 26.2 Å². The normalized spacial score (nSPS) is 12.0. The number of benzene rings is 3. The van der Waals surface area contributed by atoms with E-state index in [0.29, 0.717) is 5.69 Å². The van der Waals surface area contributed by atoms with Gasteiger partial charge in [-0.3, -0.25) is 13.9 Å². The lowest BCUT2D eigenvalue weighted by atomic mass is 10.1. The second kappa shape index (κ2) is 12.0. The first-order valence-corrected chi connectivity index (χ1v) is 14.2. The fourth-order valence-electron chi connectivity index (χ4n) is 3.55. The van der Waals surface area contributed by atoms with Crippen molar-refractivity contribution in [3.63, 3.8) is 0 Å². The monoisotopic (exact) mass is 635 g/mol. The van der Waals surface area contributed by atoms with Gasteiger partial charge in [0.2, 0.25) is 11.8 Å². The molecule has 2 amide bonds. The lowest BCUT2D eigenvalue weighted by Crippen LogP contribution is -2.50. The van der Waals surface area contributed by atoms with Crippen molar-refractivity contribution in [2.75, 3.05) is 17.9 Å². The molecule has 3 aromatic rings. The molecule has 0 radical (unpaired) electrons. The molecule has 0 aliphatic heterocycles. The molecule has 0 spiro atoms. The Balaban J connectivity index is 2.01. The van der Waals surface area contributed by atoms with Crippen molar-refractivity contribution in [2.45, 2.75) is 31.3 Å². The molecule has 10 heteroatoms. The predicted octanol–water partition coefficient (Wildman–Crippen LogP) is 4.88. The summed E-state index contributed by atoms with van der Waals surface area (Å²) in [6.45, 7) is 3.15. The summed E-state index contributed by atoms with van der Waals surface area (Å²) in [5.74, 6) is -0.857. The number of nitrogens with one attached hydrogen (secondary N) is 1. The van der Waals surface area contributed by atoms with Crippen molar-refractivity contribution in [3.8, 4) is 0 Å². The van der Waals surface area contributed by atoms with Crippen LogP contribution in [0.15, 0.2) is 86.6 Å². The number of rotatable bonds is 9. The highest BCUT2D eigenvalue weighted by Gasteiger charge is 2.32. The van der Waals surface area contributed by atoms with Crippen LogP contribution in [0.25, 0.3) is 0 Å². The van der Waals surface area contributed by atoms with Crippen molar-refractivity contribution in [1.29, 1.82) is 0 Å². The van der Waals surface area contributed by atoms with E-state index in [9.17, 15) is 18.0 Å². The summed E-state index contributed by atoms with van der Waals surface area (Å²) in [5.41, 5.74) is 2.06. The summed E-state index contributed by atoms with van der Waals surface area (Å²) in [6, 6.07) is 19.7. The molecule has 0 saturated carbocycles. The molecule has 36 heavy (non-hydrogen) atoms. The number of aryl methyl sites for hydroxylation is 1. The van der Waals surface area contributed by atoms with E-state index in [4.69, 9.17) is 0 Å². The summed E-state index contributed by atoms with van der Waals surface area (Å²) in [5, 5.41) is 2.57. The number of carbonyl (C=O) groups excluding carboxylic acids is 2. The molecular weight excluding hydrogens is 610 g/mol. The maximum absolute atomic E-state index is 13.7. The third kappa shape index (κ3) is 6.74. The number of anilines is 1. The maximum atomic E-state index is 13.7. The minimum atomic E-state index is -4.08. The third-order valence-electron chi connectivity index (χ3n) is 5.68. The maximum Gasteiger partial charge on any atom is 0.264 e. The summed E-state index contributed by atoms with van der Waals surface area (Å²) < 4.78 is 30.1. The standard InChI is InChI=1S/C26H27Br2N3O4S/c1-18-4-14-24(15-5-18)36(34,35)31(23-12-10-22(28)11-13-23)17-25(32)30(19(2)26(33)29-3)16-20-6-8-21(27)9-7-20/h4-15,19H,16-17H2,1-3H3,(H,29,33)/t19-/m1/s1. The van der Waals surface area contributed by atoms with Crippen LogP contribution in [0.4, 0.5) is 5.69 Å². The molecule has 0 bridgehead atoms. The molecule has 190 valence electrons. The molecule has 1 atom stereocenters. The Bertz CT molecular complexity index is 1310. The van der Waals surface area contributed by atoms with Crippen molar-refractivity contribution < 1.29 is 18.0 Å². The van der Waals surface area contributed by atoms with Gasteiger partial charge in [0, 0.05) is 22.5 Å². The number of nitrogens with zero attached hydrogens (tertiary/aromatic N) is 2. The van der Waals surface area contributed by atoms with Gasteiger partial charge in [-0.1, -0.05) is 61.7 Å². The zero-order valence-corrected chi connectivity index (χ0v) is 24.1. The first-order valence-electron chi connectivity index (χ1n) is 11.1. The van der Waals surface area contributed by atoms with Gasteiger partial charge in [0.25, 0.3) is 10.0 Å². The summed E-state index contributed by atoms with van der Waals surface area (Å²) in [6.07, 6.45) is 0. The van der Waals surface area contributed by atoms with Crippen molar-refractivity contribution in [1.82, 2.24) is 10.2 Å². The van der Waals surface area contributed by atoms with Gasteiger partial charge in [-0.05, 0) is 67.9 Å². The van der Waals surface area contributed by atoms with E-state index >= 15 is 0 Å². The lowest BCUT2D eigenvalue weighted by molar-refractivity contribution is -0.139. The molecule has 0 aliphatic carbocycles. The van der Waals surface area contributed by atoms with Gasteiger partial charge in [-0.15, -0.1) is 0 Å². The van der Waals surface area contributed by atoms with Crippen molar-refractivity contribution in [2.24, 2.45) is 0 Å². The molecule has 0 heterocycles. The smallest absolute Gasteiger partial charge is 0.264 e. The van der Waals surface area contributed by atoms with Gasteiger partial charge < -0.3 is 10.2 Å². The van der Waals surface area contributed by atoms with Gasteiger partial charge in [0.1, 0.15) is 12.6 Å². The second-order valence-electron chi connectivity index (χ2n) is 8.24. The number of carbonyl (C=O) groups is 2. The zero-order valence-electron chi connectivity index (χ0n) is 20.1. The largest absolute Gasteiger partial charge is 0.357 e. The Morgan fingerprint density at radius 3 is 1.94 bits per heavy atom. The summed E-state index contributed by atoms with van der Waals surface area (Å²) in [4.78, 5) is 27.6. The van der Waals surface area contributed by atoms with Gasteiger partial charge in [0.05, 0.1) is 10.6 Å². The minimum absolute atomic E-state index is 0.0719. The average Bonchev–Trinajstić information content (AvgIpc) is 2.86. The van der Waals surface area contributed by atoms with E-state index in [2.05, 4.69) is 37.2 Å². The molecule has 7 nitrogen and oxygen atoms in total. The highest BCUT2D eigenvalue weighted by molar-refractivity contribution is 9.10. The first-order chi connectivity index (χ1) is 17.0. The number of likely N-dealkylation sites (N-methyl/N-ethyl adjacent to an activating group) is 1. The Morgan fingerprint density at radius 1 is 0.889 bits per heavy atom. The zero-order chi connectivity index (χ0) is 26.5. The lowest BCUT2D eigenvalue weighted by Gasteiger charge is -2.31. The number of halogens is 2. The van der Waals surface area contributed by atoms with E-state index in [1.165, 1.54) is 24.1 Å². The summed E-state index contributed by atoms with van der Waals surface area (Å²) >= 11 is 6.76. The van der Waals surface area contributed by atoms with Crippen LogP contribution in [0, 0.1) is 6.92 Å². The average molecular weight is 637 g/mol. The fraction of sp³-hybridized carbons (Fsp3) is 0.231. The van der Waals surface area contributed by atoms with Gasteiger partial charge in [-0.2, -0.15) is 0 Å². The first kappa shape index (κ1) is 27.9. The number of hydrogen-bond acceptors (Lipinski definition) is 4. The van der Waals surface area contributed by atoms with Crippen LogP contribution in [-0.4, -0.2) is 44.8 Å². The van der Waals surface area contributed by atoms with E-state index in [1.807, 2.05) is 31.2 Å². The number of hydrogen-bond donors (Lipinski definition) is 1. The highest BCUT2D eigenvalue weighted by Crippen LogP contribution is 2.26.